The minimum atomic E-state index is -4.45. The molecule has 112 valence electrons. The maximum Gasteiger partial charge on any atom is 0.433 e. The van der Waals surface area contributed by atoms with Crippen molar-refractivity contribution in [2.75, 3.05) is 5.32 Å². The van der Waals surface area contributed by atoms with Gasteiger partial charge in [-0.3, -0.25) is 0 Å². The summed E-state index contributed by atoms with van der Waals surface area (Å²) in [5.74, 6) is 0.474. The number of benzene rings is 1. The number of fused-ring (bicyclic) bond motifs is 1. The van der Waals surface area contributed by atoms with Crippen LogP contribution in [0.3, 0.4) is 0 Å². The number of para-hydroxylation sites is 1. The summed E-state index contributed by atoms with van der Waals surface area (Å²) < 4.78 is 37.4. The molecule has 3 aromatic rings. The lowest BCUT2D eigenvalue weighted by molar-refractivity contribution is -0.141. The molecule has 0 aliphatic rings. The van der Waals surface area contributed by atoms with Gasteiger partial charge in [0.25, 0.3) is 0 Å². The van der Waals surface area contributed by atoms with Crippen molar-refractivity contribution in [1.82, 2.24) is 9.97 Å². The van der Waals surface area contributed by atoms with Crippen molar-refractivity contribution in [2.24, 2.45) is 0 Å². The molecule has 3 rings (SSSR count). The minimum absolute atomic E-state index is 0.409. The number of nitrogens with zero attached hydrogens (tertiary/aromatic N) is 2. The second kappa shape index (κ2) is 5.46. The van der Waals surface area contributed by atoms with Crippen LogP contribution >= 0.6 is 11.6 Å². The molecule has 22 heavy (non-hydrogen) atoms. The Balaban J connectivity index is 1.88. The number of aromatic nitrogens is 2. The van der Waals surface area contributed by atoms with Gasteiger partial charge in [-0.05, 0) is 30.3 Å². The molecule has 0 saturated carbocycles. The van der Waals surface area contributed by atoms with Crippen molar-refractivity contribution in [2.45, 2.75) is 6.18 Å². The fraction of sp³-hybridized carbons (Fsp3) is 0.0667. The average Bonchev–Trinajstić information content (AvgIpc) is 2.48. The van der Waals surface area contributed by atoms with E-state index in [4.69, 9.17) is 11.6 Å². The molecule has 0 aliphatic heterocycles. The largest absolute Gasteiger partial charge is 0.433 e. The second-order valence-corrected chi connectivity index (χ2v) is 4.97. The van der Waals surface area contributed by atoms with E-state index in [0.29, 0.717) is 22.0 Å². The van der Waals surface area contributed by atoms with Crippen molar-refractivity contribution in [3.8, 4) is 0 Å². The lowest BCUT2D eigenvalue weighted by Crippen LogP contribution is -2.07. The van der Waals surface area contributed by atoms with Crippen molar-refractivity contribution in [3.63, 3.8) is 0 Å². The zero-order valence-electron chi connectivity index (χ0n) is 11.0. The first kappa shape index (κ1) is 14.6. The van der Waals surface area contributed by atoms with E-state index in [-0.39, 0.29) is 0 Å². The Kier molecular flexibility index (Phi) is 3.62. The zero-order valence-corrected chi connectivity index (χ0v) is 11.8. The molecular weight excluding hydrogens is 315 g/mol. The summed E-state index contributed by atoms with van der Waals surface area (Å²) in [7, 11) is 0. The quantitative estimate of drug-likeness (QED) is 0.717. The molecule has 0 radical (unpaired) electrons. The highest BCUT2D eigenvalue weighted by Crippen LogP contribution is 2.29. The third-order valence-electron chi connectivity index (χ3n) is 3.00. The third kappa shape index (κ3) is 2.96. The van der Waals surface area contributed by atoms with Crippen LogP contribution in [0.15, 0.2) is 48.7 Å². The Bertz CT molecular complexity index is 816. The highest BCUT2D eigenvalue weighted by Gasteiger charge is 2.31. The monoisotopic (exact) mass is 323 g/mol. The predicted molar refractivity (Wildman–Crippen MR) is 79.3 cm³/mol. The van der Waals surface area contributed by atoms with Gasteiger partial charge in [0, 0.05) is 5.39 Å². The Morgan fingerprint density at radius 2 is 1.82 bits per heavy atom. The summed E-state index contributed by atoms with van der Waals surface area (Å²) in [5, 5.41) is 4.29. The number of halogens is 4. The van der Waals surface area contributed by atoms with Crippen molar-refractivity contribution >= 4 is 34.0 Å². The molecular formula is C15H9ClF3N3. The number of alkyl halides is 3. The smallest absolute Gasteiger partial charge is 0.339 e. The maximum absolute atomic E-state index is 12.5. The fourth-order valence-corrected chi connectivity index (χ4v) is 2.19. The van der Waals surface area contributed by atoms with Crippen LogP contribution in [0.1, 0.15) is 5.69 Å². The number of pyridine rings is 2. The maximum atomic E-state index is 12.5. The van der Waals surface area contributed by atoms with Crippen LogP contribution in [-0.2, 0) is 6.18 Å². The minimum Gasteiger partial charge on any atom is -0.339 e. The number of anilines is 2. The molecule has 7 heteroatoms. The van der Waals surface area contributed by atoms with E-state index < -0.39 is 11.9 Å². The van der Waals surface area contributed by atoms with Gasteiger partial charge in [-0.2, -0.15) is 13.2 Å². The summed E-state index contributed by atoms with van der Waals surface area (Å²) in [6.45, 7) is 0. The SMILES string of the molecule is FC(F)(F)c1ccc(Nc2ccc3cccc(Cl)c3n2)cn1. The molecule has 1 N–H and O–H groups in total. The predicted octanol–water partition coefficient (Wildman–Crippen LogP) is 5.05. The van der Waals surface area contributed by atoms with E-state index in [9.17, 15) is 13.2 Å². The molecule has 1 aromatic carbocycles. The van der Waals surface area contributed by atoms with Crippen LogP contribution < -0.4 is 5.32 Å². The van der Waals surface area contributed by atoms with Gasteiger partial charge < -0.3 is 5.32 Å². The number of rotatable bonds is 2. The number of hydrogen-bond donors (Lipinski definition) is 1. The molecule has 0 unspecified atom stereocenters. The molecule has 3 nitrogen and oxygen atoms in total. The molecule has 0 atom stereocenters. The first-order valence-electron chi connectivity index (χ1n) is 6.29. The summed E-state index contributed by atoms with van der Waals surface area (Å²) in [4.78, 5) is 7.73. The number of hydrogen-bond acceptors (Lipinski definition) is 3. The van der Waals surface area contributed by atoms with Crippen LogP contribution in [-0.4, -0.2) is 9.97 Å². The van der Waals surface area contributed by atoms with Crippen LogP contribution in [0.4, 0.5) is 24.7 Å². The van der Waals surface area contributed by atoms with E-state index in [2.05, 4.69) is 15.3 Å². The molecule has 0 saturated heterocycles. The average molecular weight is 324 g/mol. The van der Waals surface area contributed by atoms with Gasteiger partial charge in [-0.25, -0.2) is 9.97 Å². The Labute approximate surface area is 128 Å². The second-order valence-electron chi connectivity index (χ2n) is 4.56. The first-order valence-corrected chi connectivity index (χ1v) is 6.67. The zero-order chi connectivity index (χ0) is 15.7. The van der Waals surface area contributed by atoms with E-state index >= 15 is 0 Å². The molecule has 0 aliphatic carbocycles. The highest BCUT2D eigenvalue weighted by atomic mass is 35.5. The van der Waals surface area contributed by atoms with Crippen molar-refractivity contribution in [3.05, 3.63) is 59.4 Å². The van der Waals surface area contributed by atoms with Gasteiger partial charge >= 0.3 is 6.18 Å². The summed E-state index contributed by atoms with van der Waals surface area (Å²) in [5.41, 5.74) is 0.0912. The van der Waals surface area contributed by atoms with E-state index in [1.807, 2.05) is 18.2 Å². The van der Waals surface area contributed by atoms with Gasteiger partial charge in [0.05, 0.1) is 22.4 Å². The highest BCUT2D eigenvalue weighted by molar-refractivity contribution is 6.35. The summed E-state index contributed by atoms with van der Waals surface area (Å²) >= 11 is 6.08. The Morgan fingerprint density at radius 1 is 1.00 bits per heavy atom. The summed E-state index contributed by atoms with van der Waals surface area (Å²) in [6.07, 6.45) is -3.34. The lowest BCUT2D eigenvalue weighted by Gasteiger charge is -2.09. The standard InChI is InChI=1S/C15H9ClF3N3/c16-11-3-1-2-9-4-7-13(22-14(9)11)21-10-5-6-12(20-8-10)15(17,18)19/h1-8H,(H,21,22). The van der Waals surface area contributed by atoms with Crippen molar-refractivity contribution in [1.29, 1.82) is 0 Å². The van der Waals surface area contributed by atoms with Crippen LogP contribution in [0.5, 0.6) is 0 Å². The Hall–Kier alpha value is -2.34. The van der Waals surface area contributed by atoms with E-state index in [1.165, 1.54) is 6.07 Å². The topological polar surface area (TPSA) is 37.8 Å². The molecule has 0 bridgehead atoms. The van der Waals surface area contributed by atoms with Gasteiger partial charge in [-0.1, -0.05) is 23.7 Å². The normalized spacial score (nSPS) is 11.6. The van der Waals surface area contributed by atoms with E-state index in [1.54, 1.807) is 12.1 Å². The van der Waals surface area contributed by atoms with Gasteiger partial charge in [0.2, 0.25) is 0 Å². The van der Waals surface area contributed by atoms with Gasteiger partial charge in [-0.15, -0.1) is 0 Å². The molecule has 2 heterocycles. The first-order chi connectivity index (χ1) is 10.4. The Morgan fingerprint density at radius 3 is 2.50 bits per heavy atom. The molecule has 0 amide bonds. The van der Waals surface area contributed by atoms with Crippen LogP contribution in [0.25, 0.3) is 10.9 Å². The van der Waals surface area contributed by atoms with Gasteiger partial charge in [0.1, 0.15) is 11.5 Å². The van der Waals surface area contributed by atoms with Crippen LogP contribution in [0, 0.1) is 0 Å². The molecule has 2 aromatic heterocycles. The van der Waals surface area contributed by atoms with Crippen molar-refractivity contribution < 1.29 is 13.2 Å². The van der Waals surface area contributed by atoms with Crippen LogP contribution in [0.2, 0.25) is 5.02 Å². The molecule has 0 spiro atoms. The third-order valence-corrected chi connectivity index (χ3v) is 3.30. The number of nitrogens with one attached hydrogen (secondary N) is 1. The lowest BCUT2D eigenvalue weighted by atomic mass is 10.2. The molecule has 0 fully saturated rings. The van der Waals surface area contributed by atoms with E-state index in [0.717, 1.165) is 17.6 Å². The van der Waals surface area contributed by atoms with Gasteiger partial charge in [0.15, 0.2) is 0 Å². The summed E-state index contributed by atoms with van der Waals surface area (Å²) in [6, 6.07) is 11.2. The fourth-order valence-electron chi connectivity index (χ4n) is 1.96.